The van der Waals surface area contributed by atoms with Crippen LogP contribution in [0.25, 0.3) is 0 Å². The number of piperazine rings is 1. The molecule has 8 nitrogen and oxygen atoms in total. The molecule has 1 aliphatic heterocycles. The van der Waals surface area contributed by atoms with Crippen LogP contribution in [0.3, 0.4) is 0 Å². The van der Waals surface area contributed by atoms with E-state index >= 15 is 0 Å². The number of amides is 1. The van der Waals surface area contributed by atoms with Crippen molar-refractivity contribution in [3.05, 3.63) is 75.3 Å². The van der Waals surface area contributed by atoms with Gasteiger partial charge < -0.3 is 10.0 Å². The monoisotopic (exact) mass is 411 g/mol. The number of carboxylic acids is 1. The Labute approximate surface area is 174 Å². The topological polar surface area (TPSA) is 104 Å². The normalized spacial score (nSPS) is 15.6. The minimum atomic E-state index is -0.820. The van der Waals surface area contributed by atoms with E-state index in [0.29, 0.717) is 38.2 Å². The number of carboxylic acid groups (broad SMARTS) is 1. The van der Waals surface area contributed by atoms with E-state index < -0.39 is 10.9 Å². The molecule has 1 aliphatic rings. The lowest BCUT2D eigenvalue weighted by atomic mass is 9.98. The number of rotatable bonds is 7. The van der Waals surface area contributed by atoms with Gasteiger partial charge in [-0.3, -0.25) is 24.6 Å². The van der Waals surface area contributed by atoms with Gasteiger partial charge in [0.05, 0.1) is 4.92 Å². The van der Waals surface area contributed by atoms with Gasteiger partial charge in [-0.15, -0.1) is 0 Å². The molecule has 2 aromatic carbocycles. The summed E-state index contributed by atoms with van der Waals surface area (Å²) in [4.78, 5) is 38.1. The first kappa shape index (κ1) is 21.4. The molecule has 1 fully saturated rings. The molecule has 0 bridgehead atoms. The van der Waals surface area contributed by atoms with Crippen molar-refractivity contribution >= 4 is 17.6 Å². The molecule has 1 amide bonds. The summed E-state index contributed by atoms with van der Waals surface area (Å²) in [5.74, 6) is -0.971. The summed E-state index contributed by atoms with van der Waals surface area (Å²) >= 11 is 0. The van der Waals surface area contributed by atoms with Crippen molar-refractivity contribution in [2.45, 2.75) is 25.8 Å². The van der Waals surface area contributed by atoms with Crippen LogP contribution in [0.5, 0.6) is 0 Å². The Balaban J connectivity index is 1.66. The Morgan fingerprint density at radius 2 is 1.63 bits per heavy atom. The Kier molecular flexibility index (Phi) is 6.79. The average Bonchev–Trinajstić information content (AvgIpc) is 2.75. The zero-order chi connectivity index (χ0) is 21.7. The number of carbonyl (C=O) groups excluding carboxylic acids is 1. The van der Waals surface area contributed by atoms with Gasteiger partial charge in [0.15, 0.2) is 0 Å². The summed E-state index contributed by atoms with van der Waals surface area (Å²) in [6.07, 6.45) is 0.592. The highest BCUT2D eigenvalue weighted by Crippen LogP contribution is 2.27. The number of hydrogen-bond donors (Lipinski definition) is 1. The van der Waals surface area contributed by atoms with Crippen LogP contribution in [0.4, 0.5) is 5.69 Å². The molecule has 0 aromatic heterocycles. The maximum atomic E-state index is 12.7. The Morgan fingerprint density at radius 3 is 2.17 bits per heavy atom. The first-order chi connectivity index (χ1) is 14.3. The van der Waals surface area contributed by atoms with E-state index in [0.717, 1.165) is 11.1 Å². The number of nitro groups is 1. The second kappa shape index (κ2) is 9.49. The lowest BCUT2D eigenvalue weighted by Gasteiger charge is -2.39. The van der Waals surface area contributed by atoms with E-state index in [2.05, 4.69) is 4.90 Å². The Hall–Kier alpha value is -3.26. The number of hydrogen-bond acceptors (Lipinski definition) is 5. The average molecular weight is 411 g/mol. The fourth-order valence-corrected chi connectivity index (χ4v) is 3.75. The third kappa shape index (κ3) is 5.21. The smallest absolute Gasteiger partial charge is 0.303 e. The minimum Gasteiger partial charge on any atom is -0.481 e. The molecule has 1 atom stereocenters. The molecule has 1 heterocycles. The first-order valence-electron chi connectivity index (χ1n) is 9.91. The molecule has 30 heavy (non-hydrogen) atoms. The molecule has 1 saturated heterocycles. The van der Waals surface area contributed by atoms with E-state index in [9.17, 15) is 19.7 Å². The molecule has 0 spiro atoms. The molecular formula is C22H25N3O5. The quantitative estimate of drug-likeness (QED) is 0.554. The van der Waals surface area contributed by atoms with Crippen molar-refractivity contribution in [3.63, 3.8) is 0 Å². The number of nitro benzene ring substituents is 1. The van der Waals surface area contributed by atoms with Crippen molar-refractivity contribution in [2.75, 3.05) is 26.2 Å². The van der Waals surface area contributed by atoms with Crippen LogP contribution in [0.2, 0.25) is 0 Å². The number of aliphatic carboxylic acids is 1. The van der Waals surface area contributed by atoms with Crippen LogP contribution < -0.4 is 0 Å². The summed E-state index contributed by atoms with van der Waals surface area (Å²) in [6, 6.07) is 13.7. The summed E-state index contributed by atoms with van der Waals surface area (Å²) in [5.41, 5.74) is 2.61. The van der Waals surface area contributed by atoms with E-state index in [1.165, 1.54) is 24.3 Å². The van der Waals surface area contributed by atoms with Crippen molar-refractivity contribution < 1.29 is 19.6 Å². The van der Waals surface area contributed by atoms with Crippen LogP contribution in [0.1, 0.15) is 40.4 Å². The number of aryl methyl sites for hydroxylation is 1. The third-order valence-electron chi connectivity index (χ3n) is 5.46. The fourth-order valence-electron chi connectivity index (χ4n) is 3.75. The third-order valence-corrected chi connectivity index (χ3v) is 5.46. The second-order valence-electron chi connectivity index (χ2n) is 7.49. The fraction of sp³-hybridized carbons (Fsp3) is 0.364. The summed E-state index contributed by atoms with van der Waals surface area (Å²) in [6.45, 7) is 4.32. The molecule has 1 N–H and O–H groups in total. The molecular weight excluding hydrogens is 386 g/mol. The lowest BCUT2D eigenvalue weighted by Crippen LogP contribution is -2.49. The molecule has 2 aromatic rings. The van der Waals surface area contributed by atoms with Gasteiger partial charge in [-0.25, -0.2) is 0 Å². The van der Waals surface area contributed by atoms with E-state index in [1.807, 2.05) is 31.2 Å². The van der Waals surface area contributed by atoms with E-state index in [4.69, 9.17) is 5.11 Å². The van der Waals surface area contributed by atoms with Gasteiger partial charge in [-0.1, -0.05) is 29.8 Å². The van der Waals surface area contributed by atoms with Crippen LogP contribution in [-0.4, -0.2) is 57.9 Å². The van der Waals surface area contributed by atoms with E-state index in [1.54, 1.807) is 4.90 Å². The highest BCUT2D eigenvalue weighted by molar-refractivity contribution is 5.94. The summed E-state index contributed by atoms with van der Waals surface area (Å²) in [7, 11) is 0. The standard InChI is InChI=1S/C22H25N3O5/c1-16-2-4-17(5-3-16)20(10-11-21(26)27)23-12-14-24(15-13-23)22(28)18-6-8-19(9-7-18)25(29)30/h2-9,20H,10-15H2,1H3,(H,26,27)/t20-/m0/s1. The molecule has 0 aliphatic carbocycles. The second-order valence-corrected chi connectivity index (χ2v) is 7.49. The van der Waals surface area contributed by atoms with Crippen molar-refractivity contribution in [2.24, 2.45) is 0 Å². The van der Waals surface area contributed by atoms with Crippen LogP contribution in [0.15, 0.2) is 48.5 Å². The zero-order valence-corrected chi connectivity index (χ0v) is 16.9. The summed E-state index contributed by atoms with van der Waals surface area (Å²) in [5, 5.41) is 19.9. The minimum absolute atomic E-state index is 0.0154. The molecule has 3 rings (SSSR count). The predicted molar refractivity (Wildman–Crippen MR) is 111 cm³/mol. The van der Waals surface area contributed by atoms with Gasteiger partial charge in [0.2, 0.25) is 0 Å². The van der Waals surface area contributed by atoms with Crippen LogP contribution in [-0.2, 0) is 4.79 Å². The molecule has 0 unspecified atom stereocenters. The van der Waals surface area contributed by atoms with Gasteiger partial charge in [0.1, 0.15) is 0 Å². The number of nitrogens with zero attached hydrogens (tertiary/aromatic N) is 3. The highest BCUT2D eigenvalue weighted by Gasteiger charge is 2.28. The van der Waals surface area contributed by atoms with E-state index in [-0.39, 0.29) is 24.1 Å². The molecule has 8 heteroatoms. The Morgan fingerprint density at radius 1 is 1.03 bits per heavy atom. The number of carbonyl (C=O) groups is 2. The van der Waals surface area contributed by atoms with Crippen LogP contribution in [0, 0.1) is 17.0 Å². The number of benzene rings is 2. The van der Waals surface area contributed by atoms with Crippen LogP contribution >= 0.6 is 0 Å². The largest absolute Gasteiger partial charge is 0.481 e. The van der Waals surface area contributed by atoms with Gasteiger partial charge in [0.25, 0.3) is 11.6 Å². The summed E-state index contributed by atoms with van der Waals surface area (Å²) < 4.78 is 0. The SMILES string of the molecule is Cc1ccc([C@H](CCC(=O)O)N2CCN(C(=O)c3ccc([N+](=O)[O-])cc3)CC2)cc1. The highest BCUT2D eigenvalue weighted by atomic mass is 16.6. The Bertz CT molecular complexity index is 903. The van der Waals surface area contributed by atoms with Crippen molar-refractivity contribution in [1.29, 1.82) is 0 Å². The molecule has 0 radical (unpaired) electrons. The maximum absolute atomic E-state index is 12.7. The predicted octanol–water partition coefficient (Wildman–Crippen LogP) is 3.27. The zero-order valence-electron chi connectivity index (χ0n) is 16.9. The van der Waals surface area contributed by atoms with Crippen molar-refractivity contribution in [3.8, 4) is 0 Å². The molecule has 0 saturated carbocycles. The first-order valence-corrected chi connectivity index (χ1v) is 9.91. The van der Waals surface area contributed by atoms with Crippen molar-refractivity contribution in [1.82, 2.24) is 9.80 Å². The maximum Gasteiger partial charge on any atom is 0.303 e. The molecule has 158 valence electrons. The number of non-ortho nitro benzene ring substituents is 1. The van der Waals surface area contributed by atoms with Gasteiger partial charge in [-0.2, -0.15) is 0 Å². The van der Waals surface area contributed by atoms with Gasteiger partial charge in [-0.05, 0) is 31.0 Å². The lowest BCUT2D eigenvalue weighted by molar-refractivity contribution is -0.384. The van der Waals surface area contributed by atoms with Gasteiger partial charge >= 0.3 is 5.97 Å². The van der Waals surface area contributed by atoms with Gasteiger partial charge in [0, 0.05) is 56.3 Å².